The highest BCUT2D eigenvalue weighted by Crippen LogP contribution is 2.25. The summed E-state index contributed by atoms with van der Waals surface area (Å²) in [4.78, 5) is 12.4. The van der Waals surface area contributed by atoms with Crippen molar-refractivity contribution >= 4 is 56.6 Å². The Kier molecular flexibility index (Phi) is 7.79. The molecule has 0 saturated carbocycles. The lowest BCUT2D eigenvalue weighted by atomic mass is 10.2. The van der Waals surface area contributed by atoms with E-state index in [1.165, 1.54) is 30.0 Å². The number of hydrogen-bond donors (Lipinski definition) is 2. The van der Waals surface area contributed by atoms with E-state index in [1.54, 1.807) is 24.3 Å². The van der Waals surface area contributed by atoms with Gasteiger partial charge in [0.05, 0.1) is 5.02 Å². The Hall–Kier alpha value is -1.25. The minimum atomic E-state index is -4.02. The molecule has 26 heavy (non-hydrogen) atoms. The molecule has 5 nitrogen and oxygen atoms in total. The molecule has 140 valence electrons. The van der Waals surface area contributed by atoms with Gasteiger partial charge >= 0.3 is 0 Å². The molecular formula is C17H18Cl2N2O3S2. The van der Waals surface area contributed by atoms with Crippen LogP contribution in [0.1, 0.15) is 6.42 Å². The Morgan fingerprint density at radius 2 is 1.85 bits per heavy atom. The fourth-order valence-electron chi connectivity index (χ4n) is 2.16. The van der Waals surface area contributed by atoms with Crippen LogP contribution in [-0.2, 0) is 14.8 Å². The smallest absolute Gasteiger partial charge is 0.242 e. The number of para-hydroxylation sites is 1. The molecule has 0 bridgehead atoms. The largest absolute Gasteiger partial charge is 0.325 e. The van der Waals surface area contributed by atoms with Crippen molar-refractivity contribution < 1.29 is 13.2 Å². The van der Waals surface area contributed by atoms with Gasteiger partial charge in [0.15, 0.2) is 0 Å². The van der Waals surface area contributed by atoms with Gasteiger partial charge in [0.2, 0.25) is 15.9 Å². The van der Waals surface area contributed by atoms with E-state index in [0.717, 1.165) is 0 Å². The quantitative estimate of drug-likeness (QED) is 0.659. The first-order chi connectivity index (χ1) is 12.3. The van der Waals surface area contributed by atoms with E-state index < -0.39 is 22.0 Å². The summed E-state index contributed by atoms with van der Waals surface area (Å²) in [5.74, 6) is 0.172. The molecule has 9 heteroatoms. The van der Waals surface area contributed by atoms with Crippen LogP contribution < -0.4 is 10.0 Å². The lowest BCUT2D eigenvalue weighted by Crippen LogP contribution is -2.44. The Balaban J connectivity index is 2.23. The number of thioether (sulfide) groups is 1. The third-order valence-corrected chi connectivity index (χ3v) is 6.28. The van der Waals surface area contributed by atoms with Crippen molar-refractivity contribution in [3.8, 4) is 0 Å². The van der Waals surface area contributed by atoms with Gasteiger partial charge in [-0.3, -0.25) is 4.79 Å². The first kappa shape index (κ1) is 21.1. The van der Waals surface area contributed by atoms with Gasteiger partial charge in [-0.25, -0.2) is 8.42 Å². The lowest BCUT2D eigenvalue weighted by molar-refractivity contribution is -0.117. The van der Waals surface area contributed by atoms with E-state index in [9.17, 15) is 13.2 Å². The molecule has 0 radical (unpaired) electrons. The Morgan fingerprint density at radius 1 is 1.15 bits per heavy atom. The van der Waals surface area contributed by atoms with Gasteiger partial charge in [0.25, 0.3) is 0 Å². The van der Waals surface area contributed by atoms with Crippen LogP contribution in [0.4, 0.5) is 5.69 Å². The minimum absolute atomic E-state index is 0.0361. The molecule has 0 heterocycles. The molecule has 0 saturated heterocycles. The summed E-state index contributed by atoms with van der Waals surface area (Å²) in [6.07, 6.45) is 2.21. The third-order valence-electron chi connectivity index (χ3n) is 3.45. The van der Waals surface area contributed by atoms with E-state index in [-0.39, 0.29) is 14.9 Å². The SMILES string of the molecule is CSCCC(NS(=O)(=O)c1cc(Cl)ccc1Cl)C(=O)Nc1ccccc1. The van der Waals surface area contributed by atoms with Crippen molar-refractivity contribution in [3.05, 3.63) is 58.6 Å². The second-order valence-corrected chi connectivity index (χ2v) is 8.90. The van der Waals surface area contributed by atoms with Crippen LogP contribution in [0, 0.1) is 0 Å². The summed E-state index contributed by atoms with van der Waals surface area (Å²) in [6, 6.07) is 12.1. The summed E-state index contributed by atoms with van der Waals surface area (Å²) < 4.78 is 27.8. The fourth-order valence-corrected chi connectivity index (χ4v) is 4.63. The lowest BCUT2D eigenvalue weighted by Gasteiger charge is -2.19. The highest BCUT2D eigenvalue weighted by atomic mass is 35.5. The standard InChI is InChI=1S/C17H18Cl2N2O3S2/c1-25-10-9-15(17(22)20-13-5-3-2-4-6-13)21-26(23,24)16-11-12(18)7-8-14(16)19/h2-8,11,15,21H,9-10H2,1H3,(H,20,22). The van der Waals surface area contributed by atoms with Crippen LogP contribution in [0.5, 0.6) is 0 Å². The fraction of sp³-hybridized carbons (Fsp3) is 0.235. The van der Waals surface area contributed by atoms with E-state index in [4.69, 9.17) is 23.2 Å². The maximum absolute atomic E-state index is 12.7. The predicted octanol–water partition coefficient (Wildman–Crippen LogP) is 4.03. The van der Waals surface area contributed by atoms with Crippen molar-refractivity contribution in [2.45, 2.75) is 17.4 Å². The zero-order chi connectivity index (χ0) is 19.2. The second-order valence-electron chi connectivity index (χ2n) is 5.39. The van der Waals surface area contributed by atoms with Gasteiger partial charge in [0, 0.05) is 10.7 Å². The minimum Gasteiger partial charge on any atom is -0.325 e. The Labute approximate surface area is 167 Å². The van der Waals surface area contributed by atoms with Gasteiger partial charge in [-0.1, -0.05) is 41.4 Å². The van der Waals surface area contributed by atoms with E-state index in [0.29, 0.717) is 17.9 Å². The summed E-state index contributed by atoms with van der Waals surface area (Å²) >= 11 is 13.4. The Morgan fingerprint density at radius 3 is 2.50 bits per heavy atom. The predicted molar refractivity (Wildman–Crippen MR) is 109 cm³/mol. The molecule has 1 unspecified atom stereocenters. The molecule has 2 aromatic carbocycles. The van der Waals surface area contributed by atoms with Crippen molar-refractivity contribution in [2.75, 3.05) is 17.3 Å². The first-order valence-corrected chi connectivity index (χ1v) is 11.3. The van der Waals surface area contributed by atoms with E-state index in [2.05, 4.69) is 10.0 Å². The van der Waals surface area contributed by atoms with Crippen LogP contribution in [0.2, 0.25) is 10.0 Å². The van der Waals surface area contributed by atoms with Gasteiger partial charge < -0.3 is 5.32 Å². The normalized spacial score (nSPS) is 12.6. The van der Waals surface area contributed by atoms with E-state index in [1.807, 2.05) is 12.3 Å². The summed E-state index contributed by atoms with van der Waals surface area (Å²) in [7, 11) is -4.02. The van der Waals surface area contributed by atoms with Crippen LogP contribution in [0.3, 0.4) is 0 Å². The van der Waals surface area contributed by atoms with Gasteiger partial charge in [0.1, 0.15) is 10.9 Å². The number of carbonyl (C=O) groups excluding carboxylic acids is 1. The molecule has 0 aliphatic rings. The zero-order valence-electron chi connectivity index (χ0n) is 13.9. The molecule has 0 aliphatic carbocycles. The highest BCUT2D eigenvalue weighted by molar-refractivity contribution is 7.98. The number of amides is 1. The number of benzene rings is 2. The Bertz CT molecular complexity index is 862. The van der Waals surface area contributed by atoms with Gasteiger partial charge in [-0.05, 0) is 48.8 Å². The van der Waals surface area contributed by atoms with Crippen LogP contribution in [0.15, 0.2) is 53.4 Å². The van der Waals surface area contributed by atoms with Crippen molar-refractivity contribution in [2.24, 2.45) is 0 Å². The molecule has 1 atom stereocenters. The van der Waals surface area contributed by atoms with Crippen LogP contribution in [-0.4, -0.2) is 32.4 Å². The number of rotatable bonds is 8. The molecule has 1 amide bonds. The summed E-state index contributed by atoms with van der Waals surface area (Å²) in [5, 5.41) is 2.99. The summed E-state index contributed by atoms with van der Waals surface area (Å²) in [5.41, 5.74) is 0.589. The number of sulfonamides is 1. The number of nitrogens with one attached hydrogen (secondary N) is 2. The van der Waals surface area contributed by atoms with Crippen LogP contribution >= 0.6 is 35.0 Å². The molecule has 2 aromatic rings. The molecule has 0 spiro atoms. The monoisotopic (exact) mass is 432 g/mol. The maximum atomic E-state index is 12.7. The van der Waals surface area contributed by atoms with Gasteiger partial charge in [-0.15, -0.1) is 0 Å². The number of anilines is 1. The third kappa shape index (κ3) is 5.89. The summed E-state index contributed by atoms with van der Waals surface area (Å²) in [6.45, 7) is 0. The second kappa shape index (κ2) is 9.62. The first-order valence-electron chi connectivity index (χ1n) is 7.65. The molecule has 2 rings (SSSR count). The molecule has 0 aromatic heterocycles. The van der Waals surface area contributed by atoms with Gasteiger partial charge in [-0.2, -0.15) is 16.5 Å². The van der Waals surface area contributed by atoms with E-state index >= 15 is 0 Å². The average Bonchev–Trinajstić information content (AvgIpc) is 2.61. The molecule has 0 aliphatic heterocycles. The van der Waals surface area contributed by atoms with Crippen LogP contribution in [0.25, 0.3) is 0 Å². The average molecular weight is 433 g/mol. The number of carbonyl (C=O) groups is 1. The maximum Gasteiger partial charge on any atom is 0.242 e. The van der Waals surface area contributed by atoms with Crippen molar-refractivity contribution in [1.82, 2.24) is 4.72 Å². The van der Waals surface area contributed by atoms with Crippen molar-refractivity contribution in [3.63, 3.8) is 0 Å². The molecular weight excluding hydrogens is 415 g/mol. The van der Waals surface area contributed by atoms with Crippen molar-refractivity contribution in [1.29, 1.82) is 0 Å². The highest BCUT2D eigenvalue weighted by Gasteiger charge is 2.27. The number of hydrogen-bond acceptors (Lipinski definition) is 4. The molecule has 2 N–H and O–H groups in total. The zero-order valence-corrected chi connectivity index (χ0v) is 17.1. The molecule has 0 fully saturated rings. The topological polar surface area (TPSA) is 75.3 Å². The number of halogens is 2.